The Hall–Kier alpha value is 1.05. The second kappa shape index (κ2) is 33.4. The highest BCUT2D eigenvalue weighted by Gasteiger charge is 2.29. The lowest BCUT2D eigenvalue weighted by Crippen LogP contribution is -2.29. The highest BCUT2D eigenvalue weighted by Crippen LogP contribution is 2.40. The molecule has 1 aliphatic rings. The molecule has 0 atom stereocenters. The zero-order valence-corrected chi connectivity index (χ0v) is 31.7. The van der Waals surface area contributed by atoms with Crippen LogP contribution in [0.5, 0.6) is 0 Å². The third kappa shape index (κ3) is 27.4. The van der Waals surface area contributed by atoms with Gasteiger partial charge < -0.3 is 0 Å². The van der Waals surface area contributed by atoms with Crippen LogP contribution in [0, 0.1) is 0 Å². The van der Waals surface area contributed by atoms with Gasteiger partial charge in [-0.25, -0.2) is 0 Å². The van der Waals surface area contributed by atoms with Gasteiger partial charge in [0.1, 0.15) is 0 Å². The lowest BCUT2D eigenvalue weighted by Gasteiger charge is -2.34. The van der Waals surface area contributed by atoms with Crippen LogP contribution < -0.4 is 0 Å². The molecule has 0 radical (unpaired) electrons. The molecule has 252 valence electrons. The van der Waals surface area contributed by atoms with Gasteiger partial charge in [0, 0.05) is 15.7 Å². The van der Waals surface area contributed by atoms with Crippen molar-refractivity contribution in [2.45, 2.75) is 229 Å². The van der Waals surface area contributed by atoms with E-state index < -0.39 is 0 Å². The molecule has 0 bridgehead atoms. The lowest BCUT2D eigenvalue weighted by molar-refractivity contribution is 0.537. The van der Waals surface area contributed by atoms with Gasteiger partial charge in [0.25, 0.3) is 0 Å². The molecule has 0 nitrogen and oxygen atoms in total. The van der Waals surface area contributed by atoms with Gasteiger partial charge in [-0.15, -0.1) is 0 Å². The minimum Gasteiger partial charge on any atom is -0.159 e. The van der Waals surface area contributed by atoms with Crippen molar-refractivity contribution in [3.05, 3.63) is 0 Å². The zero-order chi connectivity index (χ0) is 30.2. The number of hydrogen-bond acceptors (Lipinski definition) is 3. The molecule has 0 heterocycles. The van der Waals surface area contributed by atoms with Crippen LogP contribution in [-0.2, 0) is 0 Å². The molecule has 42 heavy (non-hydrogen) atoms. The Balaban J connectivity index is 2.23. The van der Waals surface area contributed by atoms with Crippen molar-refractivity contribution in [1.29, 1.82) is 0 Å². The Labute approximate surface area is 280 Å². The summed E-state index contributed by atoms with van der Waals surface area (Å²) < 4.78 is 0. The summed E-state index contributed by atoms with van der Waals surface area (Å²) in [7, 11) is 0. The maximum absolute atomic E-state index is 2.37. The molecule has 0 aromatic rings. The zero-order valence-electron chi connectivity index (χ0n) is 29.3. The van der Waals surface area contributed by atoms with E-state index in [0.29, 0.717) is 0 Å². The van der Waals surface area contributed by atoms with Gasteiger partial charge in [-0.1, -0.05) is 175 Å². The van der Waals surface area contributed by atoms with E-state index in [1.54, 1.807) is 0 Å². The van der Waals surface area contributed by atoms with E-state index in [2.05, 4.69) is 56.1 Å². The average Bonchev–Trinajstić information content (AvgIpc) is 3.00. The fourth-order valence-electron chi connectivity index (χ4n) is 6.56. The van der Waals surface area contributed by atoms with Crippen molar-refractivity contribution in [2.75, 3.05) is 17.3 Å². The third-order valence-electron chi connectivity index (χ3n) is 9.38. The van der Waals surface area contributed by atoms with Crippen molar-refractivity contribution in [3.8, 4) is 0 Å². The summed E-state index contributed by atoms with van der Waals surface area (Å²) in [6, 6.07) is 0. The quantitative estimate of drug-likeness (QED) is 0.0654. The van der Waals surface area contributed by atoms with Crippen LogP contribution in [0.25, 0.3) is 0 Å². The summed E-state index contributed by atoms with van der Waals surface area (Å²) in [5.74, 6) is 4.27. The summed E-state index contributed by atoms with van der Waals surface area (Å²) in [4.78, 5) is 0. The molecule has 1 rings (SSSR count). The summed E-state index contributed by atoms with van der Waals surface area (Å²) in [5.41, 5.74) is 0. The molecule has 1 fully saturated rings. The number of hydrogen-bond donors (Lipinski definition) is 0. The maximum atomic E-state index is 2.37. The first-order chi connectivity index (χ1) is 20.8. The largest absolute Gasteiger partial charge is 0.159 e. The Kier molecular flexibility index (Phi) is 32.7. The van der Waals surface area contributed by atoms with Gasteiger partial charge in [-0.2, -0.15) is 35.3 Å². The topological polar surface area (TPSA) is 0 Å². The summed E-state index contributed by atoms with van der Waals surface area (Å²) in [6.07, 6.45) is 43.8. The normalized spacial score (nSPS) is 19.1. The molecule has 0 aromatic heterocycles. The van der Waals surface area contributed by atoms with E-state index in [0.717, 1.165) is 15.7 Å². The van der Waals surface area contributed by atoms with Crippen molar-refractivity contribution in [3.63, 3.8) is 0 Å². The number of unbranched alkanes of at least 4 members (excludes halogenated alkanes) is 24. The van der Waals surface area contributed by atoms with Crippen LogP contribution in [0.15, 0.2) is 0 Å². The SMILES string of the molecule is CCCCCCCCCCCSC1CC(SCCCCCCCCCCC)CC(SCCCCCCCCCCC)C1. The standard InChI is InChI=1S/C39H78S3/c1-4-7-10-13-16-19-22-25-28-31-40-37-34-38(41-32-29-26-23-20-17-14-11-8-5-2)36-39(35-37)42-33-30-27-24-21-18-15-12-9-6-3/h37-39H,4-36H2,1-3H3. The fraction of sp³-hybridized carbons (Fsp3) is 1.00. The molecule has 0 saturated heterocycles. The van der Waals surface area contributed by atoms with Crippen LogP contribution in [-0.4, -0.2) is 33.0 Å². The second-order valence-electron chi connectivity index (χ2n) is 13.7. The summed E-state index contributed by atoms with van der Waals surface area (Å²) in [5, 5.41) is 2.82. The first-order valence-corrected chi connectivity index (χ1v) is 22.8. The van der Waals surface area contributed by atoms with E-state index in [4.69, 9.17) is 0 Å². The van der Waals surface area contributed by atoms with Gasteiger partial charge in [-0.05, 0) is 55.8 Å². The van der Waals surface area contributed by atoms with Crippen molar-refractivity contribution < 1.29 is 0 Å². The highest BCUT2D eigenvalue weighted by atomic mass is 32.2. The predicted octanol–water partition coefficient (Wildman–Crippen LogP) is 15.1. The Morgan fingerprint density at radius 1 is 0.286 bits per heavy atom. The number of thioether (sulfide) groups is 3. The monoisotopic (exact) mass is 643 g/mol. The Morgan fingerprint density at radius 3 is 0.690 bits per heavy atom. The molecular weight excluding hydrogens is 565 g/mol. The van der Waals surface area contributed by atoms with Crippen LogP contribution >= 0.6 is 35.3 Å². The first-order valence-electron chi connectivity index (χ1n) is 19.6. The first kappa shape index (κ1) is 41.1. The van der Waals surface area contributed by atoms with Crippen LogP contribution in [0.4, 0.5) is 0 Å². The minimum absolute atomic E-state index is 0.939. The van der Waals surface area contributed by atoms with E-state index in [1.165, 1.54) is 210 Å². The number of rotatable bonds is 33. The average molecular weight is 643 g/mol. The van der Waals surface area contributed by atoms with Gasteiger partial charge in [0.2, 0.25) is 0 Å². The molecule has 3 heteroatoms. The summed E-state index contributed by atoms with van der Waals surface area (Å²) >= 11 is 7.11. The predicted molar refractivity (Wildman–Crippen MR) is 204 cm³/mol. The van der Waals surface area contributed by atoms with Gasteiger partial charge in [0.15, 0.2) is 0 Å². The molecular formula is C39H78S3. The van der Waals surface area contributed by atoms with E-state index >= 15 is 0 Å². The molecule has 1 saturated carbocycles. The van der Waals surface area contributed by atoms with Crippen molar-refractivity contribution in [1.82, 2.24) is 0 Å². The second-order valence-corrected chi connectivity index (χ2v) is 17.9. The Bertz CT molecular complexity index is 433. The van der Waals surface area contributed by atoms with Gasteiger partial charge >= 0.3 is 0 Å². The van der Waals surface area contributed by atoms with Crippen LogP contribution in [0.1, 0.15) is 213 Å². The molecule has 0 spiro atoms. The molecule has 0 aliphatic heterocycles. The Morgan fingerprint density at radius 2 is 0.476 bits per heavy atom. The van der Waals surface area contributed by atoms with E-state index in [-0.39, 0.29) is 0 Å². The molecule has 0 N–H and O–H groups in total. The van der Waals surface area contributed by atoms with E-state index in [1.807, 2.05) is 0 Å². The molecule has 0 aromatic carbocycles. The van der Waals surface area contributed by atoms with Crippen LogP contribution in [0.3, 0.4) is 0 Å². The fourth-order valence-corrected chi connectivity index (χ4v) is 11.3. The molecule has 0 amide bonds. The third-order valence-corrected chi connectivity index (χ3v) is 13.5. The molecule has 1 aliphatic carbocycles. The summed E-state index contributed by atoms with van der Waals surface area (Å²) in [6.45, 7) is 6.96. The van der Waals surface area contributed by atoms with Gasteiger partial charge in [0.05, 0.1) is 0 Å². The van der Waals surface area contributed by atoms with Gasteiger partial charge in [-0.3, -0.25) is 0 Å². The molecule has 0 unspecified atom stereocenters. The maximum Gasteiger partial charge on any atom is 0.00681 e. The van der Waals surface area contributed by atoms with Crippen molar-refractivity contribution in [2.24, 2.45) is 0 Å². The minimum atomic E-state index is 0.939. The van der Waals surface area contributed by atoms with Crippen molar-refractivity contribution >= 4 is 35.3 Å². The van der Waals surface area contributed by atoms with E-state index in [9.17, 15) is 0 Å². The lowest BCUT2D eigenvalue weighted by atomic mass is 9.99. The highest BCUT2D eigenvalue weighted by molar-refractivity contribution is 8.01. The van der Waals surface area contributed by atoms with Crippen LogP contribution in [0.2, 0.25) is 0 Å². The smallest absolute Gasteiger partial charge is 0.00681 e.